The van der Waals surface area contributed by atoms with Crippen LogP contribution in [0.3, 0.4) is 0 Å². The van der Waals surface area contributed by atoms with Crippen LogP contribution in [0.2, 0.25) is 5.02 Å². The van der Waals surface area contributed by atoms with Crippen molar-refractivity contribution in [2.75, 3.05) is 0 Å². The van der Waals surface area contributed by atoms with Crippen molar-refractivity contribution in [2.24, 2.45) is 0 Å². The van der Waals surface area contributed by atoms with Crippen LogP contribution >= 0.6 is 27.5 Å². The number of fused-ring (bicyclic) bond motifs is 1. The standard InChI is InChI=1S/C16H12BrClN2O/c1-2-15-19-13-8-7-10(17)9-11(13)16(21)20(15)14-6-4-3-5-12(14)18/h3-9H,2H2,1H3. The Morgan fingerprint density at radius 1 is 1.24 bits per heavy atom. The molecule has 106 valence electrons. The van der Waals surface area contributed by atoms with Gasteiger partial charge in [0.25, 0.3) is 5.56 Å². The van der Waals surface area contributed by atoms with Crippen molar-refractivity contribution >= 4 is 38.4 Å². The van der Waals surface area contributed by atoms with Crippen LogP contribution < -0.4 is 5.56 Å². The predicted molar refractivity (Wildman–Crippen MR) is 89.4 cm³/mol. The Kier molecular flexibility index (Phi) is 3.83. The Bertz CT molecular complexity index is 889. The lowest BCUT2D eigenvalue weighted by Crippen LogP contribution is -2.23. The van der Waals surface area contributed by atoms with Gasteiger partial charge in [0, 0.05) is 10.9 Å². The van der Waals surface area contributed by atoms with Gasteiger partial charge in [-0.05, 0) is 30.3 Å². The molecular formula is C16H12BrClN2O. The zero-order chi connectivity index (χ0) is 15.0. The molecule has 0 saturated heterocycles. The summed E-state index contributed by atoms with van der Waals surface area (Å²) in [6, 6.07) is 12.8. The number of rotatable bonds is 2. The van der Waals surface area contributed by atoms with Crippen LogP contribution in [0.1, 0.15) is 12.7 Å². The van der Waals surface area contributed by atoms with Gasteiger partial charge in [0.2, 0.25) is 0 Å². The monoisotopic (exact) mass is 362 g/mol. The van der Waals surface area contributed by atoms with Gasteiger partial charge in [-0.15, -0.1) is 0 Å². The van der Waals surface area contributed by atoms with Crippen LogP contribution in [0, 0.1) is 0 Å². The summed E-state index contributed by atoms with van der Waals surface area (Å²) in [6.07, 6.45) is 0.645. The summed E-state index contributed by atoms with van der Waals surface area (Å²) in [5.41, 5.74) is 1.25. The summed E-state index contributed by atoms with van der Waals surface area (Å²) < 4.78 is 2.45. The molecule has 0 aliphatic rings. The van der Waals surface area contributed by atoms with Crippen LogP contribution in [-0.4, -0.2) is 9.55 Å². The summed E-state index contributed by atoms with van der Waals surface area (Å²) in [5.74, 6) is 0.697. The molecule has 1 aromatic heterocycles. The maximum absolute atomic E-state index is 12.9. The number of nitrogens with zero attached hydrogens (tertiary/aromatic N) is 2. The molecule has 3 aromatic rings. The molecule has 0 atom stereocenters. The number of benzene rings is 2. The van der Waals surface area contributed by atoms with Gasteiger partial charge >= 0.3 is 0 Å². The first-order valence-electron chi connectivity index (χ1n) is 6.58. The van der Waals surface area contributed by atoms with Gasteiger partial charge in [0.05, 0.1) is 21.6 Å². The molecule has 0 aliphatic carbocycles. The third-order valence-electron chi connectivity index (χ3n) is 3.31. The number of para-hydroxylation sites is 1. The highest BCUT2D eigenvalue weighted by Gasteiger charge is 2.13. The Morgan fingerprint density at radius 2 is 2.00 bits per heavy atom. The molecule has 5 heteroatoms. The van der Waals surface area contributed by atoms with Gasteiger partial charge in [-0.2, -0.15) is 0 Å². The molecule has 0 amide bonds. The van der Waals surface area contributed by atoms with Crippen molar-refractivity contribution in [2.45, 2.75) is 13.3 Å². The molecule has 0 radical (unpaired) electrons. The first-order valence-corrected chi connectivity index (χ1v) is 7.75. The maximum atomic E-state index is 12.9. The largest absolute Gasteiger partial charge is 0.268 e. The highest BCUT2D eigenvalue weighted by molar-refractivity contribution is 9.10. The van der Waals surface area contributed by atoms with E-state index in [2.05, 4.69) is 20.9 Å². The molecule has 0 aliphatic heterocycles. The Morgan fingerprint density at radius 3 is 2.71 bits per heavy atom. The quantitative estimate of drug-likeness (QED) is 0.678. The van der Waals surface area contributed by atoms with Gasteiger partial charge in [0.15, 0.2) is 0 Å². The van der Waals surface area contributed by atoms with Crippen molar-refractivity contribution in [1.29, 1.82) is 0 Å². The minimum Gasteiger partial charge on any atom is -0.268 e. The van der Waals surface area contributed by atoms with Gasteiger partial charge in [-0.1, -0.05) is 46.6 Å². The lowest BCUT2D eigenvalue weighted by Gasteiger charge is -2.13. The van der Waals surface area contributed by atoms with E-state index in [1.807, 2.05) is 37.3 Å². The molecule has 3 nitrogen and oxygen atoms in total. The second kappa shape index (κ2) is 5.62. The summed E-state index contributed by atoms with van der Waals surface area (Å²) in [4.78, 5) is 17.5. The average molecular weight is 364 g/mol. The minimum absolute atomic E-state index is 0.105. The molecular weight excluding hydrogens is 352 g/mol. The van der Waals surface area contributed by atoms with Crippen molar-refractivity contribution in [1.82, 2.24) is 9.55 Å². The van der Waals surface area contributed by atoms with Crippen molar-refractivity contribution in [3.63, 3.8) is 0 Å². The molecule has 0 saturated carbocycles. The van der Waals surface area contributed by atoms with E-state index in [1.165, 1.54) is 0 Å². The van der Waals surface area contributed by atoms with Crippen LogP contribution in [0.5, 0.6) is 0 Å². The molecule has 2 aromatic carbocycles. The van der Waals surface area contributed by atoms with Gasteiger partial charge < -0.3 is 0 Å². The highest BCUT2D eigenvalue weighted by atomic mass is 79.9. The van der Waals surface area contributed by atoms with Gasteiger partial charge in [0.1, 0.15) is 5.82 Å². The van der Waals surface area contributed by atoms with Crippen molar-refractivity contribution in [3.8, 4) is 5.69 Å². The zero-order valence-corrected chi connectivity index (χ0v) is 13.6. The predicted octanol–water partition coefficient (Wildman–Crippen LogP) is 4.36. The van der Waals surface area contributed by atoms with Crippen LogP contribution in [0.15, 0.2) is 51.7 Å². The Balaban J connectivity index is 2.44. The highest BCUT2D eigenvalue weighted by Crippen LogP contribution is 2.22. The van der Waals surface area contributed by atoms with E-state index >= 15 is 0 Å². The van der Waals surface area contributed by atoms with E-state index in [1.54, 1.807) is 16.7 Å². The van der Waals surface area contributed by atoms with Crippen molar-refractivity contribution in [3.05, 3.63) is 68.1 Å². The molecule has 0 unspecified atom stereocenters. The summed E-state index contributed by atoms with van der Waals surface area (Å²) in [5, 5.41) is 1.10. The van der Waals surface area contributed by atoms with Gasteiger partial charge in [-0.3, -0.25) is 9.36 Å². The second-order valence-corrected chi connectivity index (χ2v) is 5.96. The molecule has 0 N–H and O–H groups in total. The van der Waals surface area contributed by atoms with Crippen LogP contribution in [0.4, 0.5) is 0 Å². The molecule has 0 spiro atoms. The average Bonchev–Trinajstić information content (AvgIpc) is 2.49. The SMILES string of the molecule is CCc1nc2ccc(Br)cc2c(=O)n1-c1ccccc1Cl. The fourth-order valence-corrected chi connectivity index (χ4v) is 2.90. The van der Waals surface area contributed by atoms with E-state index < -0.39 is 0 Å². The summed E-state index contributed by atoms with van der Waals surface area (Å²) in [6.45, 7) is 1.97. The fraction of sp³-hybridized carbons (Fsp3) is 0.125. The van der Waals surface area contributed by atoms with E-state index in [9.17, 15) is 4.79 Å². The van der Waals surface area contributed by atoms with Crippen LogP contribution in [0.25, 0.3) is 16.6 Å². The molecule has 1 heterocycles. The van der Waals surface area contributed by atoms with E-state index in [0.717, 1.165) is 4.47 Å². The van der Waals surface area contributed by atoms with E-state index in [-0.39, 0.29) is 5.56 Å². The number of hydrogen-bond acceptors (Lipinski definition) is 2. The number of hydrogen-bond donors (Lipinski definition) is 0. The molecule has 0 bridgehead atoms. The first-order chi connectivity index (χ1) is 10.1. The Hall–Kier alpha value is -1.65. The fourth-order valence-electron chi connectivity index (χ4n) is 2.32. The summed E-state index contributed by atoms with van der Waals surface area (Å²) in [7, 11) is 0. The smallest absolute Gasteiger partial charge is 0.266 e. The second-order valence-electron chi connectivity index (χ2n) is 4.64. The van der Waals surface area contributed by atoms with E-state index in [0.29, 0.717) is 33.9 Å². The lowest BCUT2D eigenvalue weighted by molar-refractivity contribution is 0.833. The van der Waals surface area contributed by atoms with Crippen molar-refractivity contribution < 1.29 is 0 Å². The number of aromatic nitrogens is 2. The maximum Gasteiger partial charge on any atom is 0.266 e. The third kappa shape index (κ3) is 2.49. The lowest BCUT2D eigenvalue weighted by atomic mass is 10.2. The zero-order valence-electron chi connectivity index (χ0n) is 11.3. The number of halogens is 2. The molecule has 3 rings (SSSR count). The number of aryl methyl sites for hydroxylation is 1. The normalized spacial score (nSPS) is 11.0. The Labute approximate surface area is 135 Å². The van der Waals surface area contributed by atoms with E-state index in [4.69, 9.17) is 11.6 Å². The topological polar surface area (TPSA) is 34.9 Å². The third-order valence-corrected chi connectivity index (χ3v) is 4.12. The minimum atomic E-state index is -0.105. The molecule has 0 fully saturated rings. The summed E-state index contributed by atoms with van der Waals surface area (Å²) >= 11 is 9.64. The van der Waals surface area contributed by atoms with Gasteiger partial charge in [-0.25, -0.2) is 4.98 Å². The first kappa shape index (κ1) is 14.3. The van der Waals surface area contributed by atoms with Crippen LogP contribution in [-0.2, 0) is 6.42 Å². The molecule has 21 heavy (non-hydrogen) atoms.